The van der Waals surface area contributed by atoms with Gasteiger partial charge in [-0.25, -0.2) is 0 Å². The molecule has 0 radical (unpaired) electrons. The molecular formula is C27H24BrN. The molecule has 2 aromatic carbocycles. The van der Waals surface area contributed by atoms with Gasteiger partial charge in [-0.05, 0) is 53.2 Å². The summed E-state index contributed by atoms with van der Waals surface area (Å²) < 4.78 is 3.83. The molecule has 0 spiro atoms. The summed E-state index contributed by atoms with van der Waals surface area (Å²) in [5.74, 6) is 0. The SMILES string of the molecule is CC1(C)C2=C(CCc3c2n(C2C=CC(Br)=CC2)c2ccccc32)c2ccccc21. The lowest BCUT2D eigenvalue weighted by Crippen LogP contribution is -2.22. The Labute approximate surface area is 180 Å². The van der Waals surface area contributed by atoms with E-state index in [2.05, 4.69) is 101 Å². The maximum Gasteiger partial charge on any atom is 0.0561 e. The molecule has 0 amide bonds. The van der Waals surface area contributed by atoms with E-state index in [1.165, 1.54) is 32.2 Å². The number of nitrogens with zero attached hydrogens (tertiary/aromatic N) is 1. The van der Waals surface area contributed by atoms with Crippen molar-refractivity contribution >= 4 is 38.0 Å². The lowest BCUT2D eigenvalue weighted by molar-refractivity contribution is 0.605. The normalized spacial score (nSPS) is 21.8. The Bertz CT molecular complexity index is 1260. The van der Waals surface area contributed by atoms with Crippen molar-refractivity contribution in [3.63, 3.8) is 0 Å². The highest BCUT2D eigenvalue weighted by Crippen LogP contribution is 2.56. The Kier molecular flexibility index (Phi) is 3.68. The molecule has 29 heavy (non-hydrogen) atoms. The molecular weight excluding hydrogens is 418 g/mol. The van der Waals surface area contributed by atoms with Crippen LogP contribution in [-0.4, -0.2) is 4.57 Å². The second-order valence-electron chi connectivity index (χ2n) is 8.99. The van der Waals surface area contributed by atoms with Gasteiger partial charge in [0.05, 0.1) is 11.7 Å². The number of aryl methyl sites for hydroxylation is 1. The highest BCUT2D eigenvalue weighted by Gasteiger charge is 2.43. The first-order valence-electron chi connectivity index (χ1n) is 10.6. The molecule has 2 heteroatoms. The van der Waals surface area contributed by atoms with Crippen LogP contribution in [0.25, 0.3) is 22.0 Å². The fraction of sp³-hybridized carbons (Fsp3) is 0.259. The number of hydrogen-bond acceptors (Lipinski definition) is 0. The molecule has 6 rings (SSSR count). The molecule has 1 unspecified atom stereocenters. The number of aromatic nitrogens is 1. The van der Waals surface area contributed by atoms with Gasteiger partial charge < -0.3 is 4.57 Å². The first kappa shape index (κ1) is 17.5. The lowest BCUT2D eigenvalue weighted by Gasteiger charge is -2.31. The number of fused-ring (bicyclic) bond motifs is 6. The lowest BCUT2D eigenvalue weighted by atomic mass is 9.76. The Hall–Kier alpha value is -2.32. The van der Waals surface area contributed by atoms with Gasteiger partial charge in [-0.15, -0.1) is 0 Å². The third-order valence-electron chi connectivity index (χ3n) is 7.09. The predicted octanol–water partition coefficient (Wildman–Crippen LogP) is 7.57. The molecule has 0 bridgehead atoms. The average molecular weight is 442 g/mol. The van der Waals surface area contributed by atoms with Crippen LogP contribution in [0.4, 0.5) is 0 Å². The van der Waals surface area contributed by atoms with Gasteiger partial charge in [0, 0.05) is 20.8 Å². The van der Waals surface area contributed by atoms with Crippen LogP contribution in [0.1, 0.15) is 55.1 Å². The van der Waals surface area contributed by atoms with E-state index in [0.717, 1.165) is 19.3 Å². The monoisotopic (exact) mass is 441 g/mol. The van der Waals surface area contributed by atoms with E-state index >= 15 is 0 Å². The smallest absolute Gasteiger partial charge is 0.0561 e. The standard InChI is InChI=1S/C27H24BrN/c1-27(2)23-9-5-3-7-19(23)21-15-16-22-20-8-4-6-10-24(20)29(26(22)25(21)27)18-13-11-17(28)12-14-18/h3-13,18H,14-16H2,1-2H3. The Morgan fingerprint density at radius 3 is 2.62 bits per heavy atom. The highest BCUT2D eigenvalue weighted by molar-refractivity contribution is 9.11. The van der Waals surface area contributed by atoms with Crippen molar-refractivity contribution in [2.45, 2.75) is 44.6 Å². The zero-order valence-corrected chi connectivity index (χ0v) is 18.5. The Balaban J connectivity index is 1.68. The van der Waals surface area contributed by atoms with Crippen LogP contribution in [0.3, 0.4) is 0 Å². The maximum atomic E-state index is 3.64. The van der Waals surface area contributed by atoms with Crippen molar-refractivity contribution in [1.82, 2.24) is 4.57 Å². The van der Waals surface area contributed by atoms with Gasteiger partial charge in [0.15, 0.2) is 0 Å². The van der Waals surface area contributed by atoms with Gasteiger partial charge in [-0.1, -0.05) is 90.5 Å². The van der Waals surface area contributed by atoms with Crippen LogP contribution in [0.15, 0.2) is 71.2 Å². The molecule has 0 fully saturated rings. The second kappa shape index (κ2) is 6.09. The molecule has 3 aliphatic carbocycles. The van der Waals surface area contributed by atoms with Crippen molar-refractivity contribution in [3.8, 4) is 0 Å². The third-order valence-corrected chi connectivity index (χ3v) is 7.68. The topological polar surface area (TPSA) is 4.93 Å². The largest absolute Gasteiger partial charge is 0.333 e. The molecule has 3 aliphatic rings. The zero-order valence-electron chi connectivity index (χ0n) is 16.9. The number of para-hydroxylation sites is 1. The molecule has 3 aromatic rings. The van der Waals surface area contributed by atoms with Crippen LogP contribution in [0.5, 0.6) is 0 Å². The van der Waals surface area contributed by atoms with Crippen molar-refractivity contribution in [1.29, 1.82) is 0 Å². The van der Waals surface area contributed by atoms with E-state index in [1.54, 1.807) is 16.7 Å². The summed E-state index contributed by atoms with van der Waals surface area (Å²) in [6.45, 7) is 4.83. The van der Waals surface area contributed by atoms with Gasteiger partial charge in [-0.3, -0.25) is 0 Å². The molecule has 144 valence electrons. The van der Waals surface area contributed by atoms with E-state index in [-0.39, 0.29) is 5.41 Å². The van der Waals surface area contributed by atoms with Gasteiger partial charge in [0.25, 0.3) is 0 Å². The molecule has 0 saturated carbocycles. The molecule has 1 atom stereocenters. The van der Waals surface area contributed by atoms with Crippen LogP contribution >= 0.6 is 15.9 Å². The number of benzene rings is 2. The third kappa shape index (κ3) is 2.33. The van der Waals surface area contributed by atoms with Crippen molar-refractivity contribution < 1.29 is 0 Å². The van der Waals surface area contributed by atoms with Gasteiger partial charge in [0.2, 0.25) is 0 Å². The van der Waals surface area contributed by atoms with E-state index < -0.39 is 0 Å². The van der Waals surface area contributed by atoms with Gasteiger partial charge in [-0.2, -0.15) is 0 Å². The van der Waals surface area contributed by atoms with E-state index in [0.29, 0.717) is 6.04 Å². The molecule has 1 nitrogen and oxygen atoms in total. The minimum Gasteiger partial charge on any atom is -0.333 e. The summed E-state index contributed by atoms with van der Waals surface area (Å²) >= 11 is 3.64. The minimum atomic E-state index is 0.0298. The quantitative estimate of drug-likeness (QED) is 0.366. The zero-order chi connectivity index (χ0) is 19.8. The first-order chi connectivity index (χ1) is 14.1. The Morgan fingerprint density at radius 1 is 1.00 bits per heavy atom. The van der Waals surface area contributed by atoms with Crippen molar-refractivity contribution in [2.24, 2.45) is 0 Å². The summed E-state index contributed by atoms with van der Waals surface area (Å²) in [6, 6.07) is 18.4. The molecule has 0 N–H and O–H groups in total. The average Bonchev–Trinajstić information content (AvgIpc) is 3.19. The molecule has 0 saturated heterocycles. The van der Waals surface area contributed by atoms with Crippen LogP contribution in [0, 0.1) is 0 Å². The molecule has 1 aromatic heterocycles. The van der Waals surface area contributed by atoms with Crippen LogP contribution in [0.2, 0.25) is 0 Å². The van der Waals surface area contributed by atoms with E-state index in [1.807, 2.05) is 0 Å². The molecule has 0 aliphatic heterocycles. The predicted molar refractivity (Wildman–Crippen MR) is 126 cm³/mol. The summed E-state index contributed by atoms with van der Waals surface area (Å²) in [4.78, 5) is 0. The number of halogens is 1. The molecule has 1 heterocycles. The van der Waals surface area contributed by atoms with E-state index in [9.17, 15) is 0 Å². The summed E-state index contributed by atoms with van der Waals surface area (Å²) in [7, 11) is 0. The highest BCUT2D eigenvalue weighted by atomic mass is 79.9. The van der Waals surface area contributed by atoms with Crippen LogP contribution in [-0.2, 0) is 11.8 Å². The maximum absolute atomic E-state index is 3.64. The van der Waals surface area contributed by atoms with Gasteiger partial charge in [0.1, 0.15) is 0 Å². The number of rotatable bonds is 1. The Morgan fingerprint density at radius 2 is 1.79 bits per heavy atom. The first-order valence-corrected chi connectivity index (χ1v) is 11.4. The summed E-state index contributed by atoms with van der Waals surface area (Å²) in [5, 5.41) is 1.43. The second-order valence-corrected chi connectivity index (χ2v) is 9.91. The summed E-state index contributed by atoms with van der Waals surface area (Å²) in [5.41, 5.74) is 10.5. The van der Waals surface area contributed by atoms with E-state index in [4.69, 9.17) is 0 Å². The summed E-state index contributed by atoms with van der Waals surface area (Å²) in [6.07, 6.45) is 10.2. The van der Waals surface area contributed by atoms with Crippen molar-refractivity contribution in [3.05, 3.63) is 93.6 Å². The van der Waals surface area contributed by atoms with Crippen molar-refractivity contribution in [2.75, 3.05) is 0 Å². The minimum absolute atomic E-state index is 0.0298. The number of hydrogen-bond donors (Lipinski definition) is 0. The number of allylic oxidation sites excluding steroid dienone is 6. The van der Waals surface area contributed by atoms with Gasteiger partial charge >= 0.3 is 0 Å². The fourth-order valence-corrected chi connectivity index (χ4v) is 6.20. The van der Waals surface area contributed by atoms with Crippen LogP contribution < -0.4 is 0 Å². The fourth-order valence-electron chi connectivity index (χ4n) is 5.86.